The Morgan fingerprint density at radius 2 is 1.95 bits per heavy atom. The third kappa shape index (κ3) is 4.74. The van der Waals surface area contributed by atoms with Crippen molar-refractivity contribution >= 4 is 23.4 Å². The van der Waals surface area contributed by atoms with Crippen LogP contribution in [0, 0.1) is 0 Å². The van der Waals surface area contributed by atoms with Crippen molar-refractivity contribution in [1.29, 1.82) is 0 Å². The number of nitrogens with two attached hydrogens (primary N) is 1. The molecule has 3 N–H and O–H groups in total. The van der Waals surface area contributed by atoms with Gasteiger partial charge in [-0.3, -0.25) is 0 Å². The molecule has 1 heterocycles. The Kier molecular flexibility index (Phi) is 5.68. The second kappa shape index (κ2) is 7.75. The van der Waals surface area contributed by atoms with Crippen molar-refractivity contribution in [2.75, 3.05) is 23.9 Å². The molecule has 0 radical (unpaired) electrons. The van der Waals surface area contributed by atoms with Gasteiger partial charge < -0.3 is 11.1 Å². The molecule has 0 aliphatic heterocycles. The van der Waals surface area contributed by atoms with Crippen LogP contribution in [0.4, 0.5) is 11.6 Å². The number of benzene rings is 1. The van der Waals surface area contributed by atoms with E-state index in [1.807, 2.05) is 12.3 Å². The number of nitrogen functional groups attached to an aromatic ring is 1. The van der Waals surface area contributed by atoms with Gasteiger partial charge in [-0.15, -0.1) is 0 Å². The van der Waals surface area contributed by atoms with Gasteiger partial charge in [0.15, 0.2) is 5.16 Å². The molecule has 1 aromatic heterocycles. The molecule has 2 rings (SSSR count). The zero-order valence-electron chi connectivity index (χ0n) is 11.7. The Balaban J connectivity index is 1.72. The van der Waals surface area contributed by atoms with Gasteiger partial charge in [0.05, 0.1) is 0 Å². The van der Waals surface area contributed by atoms with E-state index in [4.69, 9.17) is 5.73 Å². The summed E-state index contributed by atoms with van der Waals surface area (Å²) in [6.07, 6.45) is 5.32. The van der Waals surface area contributed by atoms with E-state index in [0.717, 1.165) is 31.6 Å². The summed E-state index contributed by atoms with van der Waals surface area (Å²) in [4.78, 5) is 8.49. The fraction of sp³-hybridized carbons (Fsp3) is 0.333. The number of hydrogen-bond acceptors (Lipinski definition) is 5. The molecule has 5 heteroatoms. The van der Waals surface area contributed by atoms with Gasteiger partial charge in [-0.25, -0.2) is 9.97 Å². The van der Waals surface area contributed by atoms with E-state index < -0.39 is 0 Å². The second-order valence-corrected chi connectivity index (χ2v) is 5.31. The molecule has 0 amide bonds. The number of aryl methyl sites for hydroxylation is 1. The van der Waals surface area contributed by atoms with Gasteiger partial charge in [-0.2, -0.15) is 0 Å². The molecular formula is C15H20N4S. The lowest BCUT2D eigenvalue weighted by molar-refractivity contribution is 0.760. The van der Waals surface area contributed by atoms with Crippen LogP contribution in [0.2, 0.25) is 0 Å². The van der Waals surface area contributed by atoms with Crippen molar-refractivity contribution in [3.8, 4) is 0 Å². The average Bonchev–Trinajstić information content (AvgIpc) is 2.47. The lowest BCUT2D eigenvalue weighted by Gasteiger charge is -2.07. The van der Waals surface area contributed by atoms with Crippen LogP contribution >= 0.6 is 11.8 Å². The first-order chi connectivity index (χ1) is 9.78. The third-order valence-corrected chi connectivity index (χ3v) is 3.50. The molecule has 20 heavy (non-hydrogen) atoms. The van der Waals surface area contributed by atoms with E-state index in [1.54, 1.807) is 6.07 Å². The van der Waals surface area contributed by atoms with E-state index in [0.29, 0.717) is 11.0 Å². The predicted octanol–water partition coefficient (Wildman–Crippen LogP) is 3.22. The predicted molar refractivity (Wildman–Crippen MR) is 86.1 cm³/mol. The molecule has 0 atom stereocenters. The van der Waals surface area contributed by atoms with Gasteiger partial charge in [0.25, 0.3) is 0 Å². The lowest BCUT2D eigenvalue weighted by Crippen LogP contribution is -2.06. The Morgan fingerprint density at radius 3 is 2.70 bits per heavy atom. The molecule has 0 saturated carbocycles. The molecule has 0 saturated heterocycles. The monoisotopic (exact) mass is 288 g/mol. The van der Waals surface area contributed by atoms with E-state index in [9.17, 15) is 0 Å². The minimum Gasteiger partial charge on any atom is -0.383 e. The summed E-state index contributed by atoms with van der Waals surface area (Å²) in [5.74, 6) is 1.32. The standard InChI is InChI=1S/C15H20N4S/c1-20-15-18-13(16)11-14(19-15)17-10-6-5-9-12-7-3-2-4-8-12/h2-4,7-8,11H,5-6,9-10H2,1H3,(H3,16,17,18,19). The van der Waals surface area contributed by atoms with E-state index in [2.05, 4.69) is 39.6 Å². The van der Waals surface area contributed by atoms with Crippen LogP contribution in [-0.2, 0) is 6.42 Å². The van der Waals surface area contributed by atoms with Crippen molar-refractivity contribution < 1.29 is 0 Å². The lowest BCUT2D eigenvalue weighted by atomic mass is 10.1. The normalized spacial score (nSPS) is 10.4. The zero-order chi connectivity index (χ0) is 14.2. The largest absolute Gasteiger partial charge is 0.383 e. The molecule has 1 aromatic carbocycles. The van der Waals surface area contributed by atoms with Gasteiger partial charge in [0.1, 0.15) is 11.6 Å². The SMILES string of the molecule is CSc1nc(N)cc(NCCCCc2ccccc2)n1. The van der Waals surface area contributed by atoms with Crippen molar-refractivity contribution in [2.45, 2.75) is 24.4 Å². The highest BCUT2D eigenvalue weighted by Gasteiger charge is 2.01. The Bertz CT molecular complexity index is 531. The van der Waals surface area contributed by atoms with Gasteiger partial charge in [-0.1, -0.05) is 42.1 Å². The highest BCUT2D eigenvalue weighted by atomic mass is 32.2. The van der Waals surface area contributed by atoms with Gasteiger partial charge in [-0.05, 0) is 31.1 Å². The molecule has 0 fully saturated rings. The summed E-state index contributed by atoms with van der Waals surface area (Å²) < 4.78 is 0. The highest BCUT2D eigenvalue weighted by molar-refractivity contribution is 7.98. The van der Waals surface area contributed by atoms with Crippen LogP contribution in [0.15, 0.2) is 41.6 Å². The van der Waals surface area contributed by atoms with Gasteiger partial charge in [0, 0.05) is 12.6 Å². The summed E-state index contributed by atoms with van der Waals surface area (Å²) in [6.45, 7) is 0.900. The van der Waals surface area contributed by atoms with Crippen LogP contribution < -0.4 is 11.1 Å². The first-order valence-electron chi connectivity index (χ1n) is 6.74. The molecule has 0 bridgehead atoms. The van der Waals surface area contributed by atoms with Crippen LogP contribution in [-0.4, -0.2) is 22.8 Å². The summed E-state index contributed by atoms with van der Waals surface area (Å²) >= 11 is 1.50. The van der Waals surface area contributed by atoms with E-state index >= 15 is 0 Å². The van der Waals surface area contributed by atoms with Crippen LogP contribution in [0.5, 0.6) is 0 Å². The van der Waals surface area contributed by atoms with Crippen molar-refractivity contribution in [3.63, 3.8) is 0 Å². The van der Waals surface area contributed by atoms with Gasteiger partial charge >= 0.3 is 0 Å². The molecule has 4 nitrogen and oxygen atoms in total. The fourth-order valence-electron chi connectivity index (χ4n) is 1.94. The minimum atomic E-state index is 0.510. The molecule has 0 spiro atoms. The number of thioether (sulfide) groups is 1. The Hall–Kier alpha value is -1.75. The summed E-state index contributed by atoms with van der Waals surface area (Å²) in [6, 6.07) is 12.3. The summed E-state index contributed by atoms with van der Waals surface area (Å²) in [5, 5.41) is 4.01. The number of nitrogens with zero attached hydrogens (tertiary/aromatic N) is 2. The molecule has 0 aliphatic rings. The number of aromatic nitrogens is 2. The maximum atomic E-state index is 5.74. The molecule has 106 valence electrons. The maximum Gasteiger partial charge on any atom is 0.191 e. The van der Waals surface area contributed by atoms with E-state index in [-0.39, 0.29) is 0 Å². The molecular weight excluding hydrogens is 268 g/mol. The Morgan fingerprint density at radius 1 is 1.15 bits per heavy atom. The van der Waals surface area contributed by atoms with Crippen LogP contribution in [0.1, 0.15) is 18.4 Å². The average molecular weight is 288 g/mol. The smallest absolute Gasteiger partial charge is 0.191 e. The molecule has 0 aliphatic carbocycles. The number of hydrogen-bond donors (Lipinski definition) is 2. The summed E-state index contributed by atoms with van der Waals surface area (Å²) in [7, 11) is 0. The number of unbranched alkanes of at least 4 members (excludes halogenated alkanes) is 1. The highest BCUT2D eigenvalue weighted by Crippen LogP contribution is 2.15. The quantitative estimate of drug-likeness (QED) is 0.465. The fourth-order valence-corrected chi connectivity index (χ4v) is 2.33. The molecule has 2 aromatic rings. The van der Waals surface area contributed by atoms with E-state index in [1.165, 1.54) is 17.3 Å². The summed E-state index contributed by atoms with van der Waals surface area (Å²) in [5.41, 5.74) is 7.13. The first kappa shape index (κ1) is 14.7. The van der Waals surface area contributed by atoms with Crippen molar-refractivity contribution in [3.05, 3.63) is 42.0 Å². The molecule has 0 unspecified atom stereocenters. The minimum absolute atomic E-state index is 0.510. The zero-order valence-corrected chi connectivity index (χ0v) is 12.5. The van der Waals surface area contributed by atoms with Crippen LogP contribution in [0.3, 0.4) is 0 Å². The maximum absolute atomic E-state index is 5.74. The van der Waals surface area contributed by atoms with Gasteiger partial charge in [0.2, 0.25) is 0 Å². The van der Waals surface area contributed by atoms with Crippen LogP contribution in [0.25, 0.3) is 0 Å². The first-order valence-corrected chi connectivity index (χ1v) is 7.97. The topological polar surface area (TPSA) is 63.8 Å². The third-order valence-electron chi connectivity index (χ3n) is 2.95. The second-order valence-electron chi connectivity index (χ2n) is 4.53. The number of nitrogens with one attached hydrogen (secondary N) is 1. The number of rotatable bonds is 7. The van der Waals surface area contributed by atoms with Crippen molar-refractivity contribution in [2.24, 2.45) is 0 Å². The number of anilines is 2. The Labute approximate surface area is 124 Å². The van der Waals surface area contributed by atoms with Crippen molar-refractivity contribution in [1.82, 2.24) is 9.97 Å².